The van der Waals surface area contributed by atoms with Crippen LogP contribution in [0, 0.1) is 0 Å². The third-order valence-corrected chi connectivity index (χ3v) is 5.55. The van der Waals surface area contributed by atoms with Gasteiger partial charge in [0.25, 0.3) is 5.91 Å². The first kappa shape index (κ1) is 21.9. The number of nitrogens with one attached hydrogen (secondary N) is 2. The van der Waals surface area contributed by atoms with Crippen LogP contribution in [-0.4, -0.2) is 67.1 Å². The maximum atomic E-state index is 13.0. The van der Waals surface area contributed by atoms with Crippen molar-refractivity contribution in [1.29, 1.82) is 0 Å². The molecule has 0 aliphatic carbocycles. The lowest BCUT2D eigenvalue weighted by molar-refractivity contribution is -0.937. The van der Waals surface area contributed by atoms with E-state index in [9.17, 15) is 4.79 Å². The molecule has 1 aliphatic heterocycles. The molecular weight excluding hydrogens is 382 g/mol. The van der Waals surface area contributed by atoms with Gasteiger partial charge in [-0.3, -0.25) is 4.79 Å². The fourth-order valence-electron chi connectivity index (χ4n) is 3.84. The van der Waals surface area contributed by atoms with Gasteiger partial charge in [0, 0.05) is 25.3 Å². The predicted molar refractivity (Wildman–Crippen MR) is 117 cm³/mol. The molecule has 1 heterocycles. The maximum Gasteiger partial charge on any atom is 0.255 e. The highest BCUT2D eigenvalue weighted by Gasteiger charge is 2.27. The normalized spacial score (nSPS) is 15.3. The molecule has 2 aromatic rings. The van der Waals surface area contributed by atoms with Gasteiger partial charge in [0.05, 0.1) is 39.5 Å². The van der Waals surface area contributed by atoms with Gasteiger partial charge in [-0.15, -0.1) is 0 Å². The van der Waals surface area contributed by atoms with E-state index in [1.54, 1.807) is 32.4 Å². The van der Waals surface area contributed by atoms with Crippen LogP contribution in [-0.2, 0) is 4.74 Å². The number of quaternary nitrogens is 1. The average Bonchev–Trinajstić information content (AvgIpc) is 2.79. The van der Waals surface area contributed by atoms with Crippen LogP contribution in [0.5, 0.6) is 11.5 Å². The second kappa shape index (κ2) is 10.3. The molecule has 0 aromatic heterocycles. The Morgan fingerprint density at radius 2 is 1.80 bits per heavy atom. The molecule has 1 fully saturated rings. The van der Waals surface area contributed by atoms with Crippen molar-refractivity contribution in [2.45, 2.75) is 6.04 Å². The van der Waals surface area contributed by atoms with Crippen LogP contribution in [0.25, 0.3) is 0 Å². The van der Waals surface area contributed by atoms with Crippen LogP contribution in [0.2, 0.25) is 0 Å². The van der Waals surface area contributed by atoms with Gasteiger partial charge in [-0.25, -0.2) is 0 Å². The molecule has 0 spiro atoms. The summed E-state index contributed by atoms with van der Waals surface area (Å²) in [6.07, 6.45) is 0. The number of benzene rings is 2. The zero-order valence-electron chi connectivity index (χ0n) is 18.2. The van der Waals surface area contributed by atoms with E-state index in [0.717, 1.165) is 32.0 Å². The lowest BCUT2D eigenvalue weighted by atomic mass is 10.0. The van der Waals surface area contributed by atoms with E-state index in [1.165, 1.54) is 10.5 Å². The van der Waals surface area contributed by atoms with Gasteiger partial charge >= 0.3 is 0 Å². The minimum atomic E-state index is -0.173. The largest absolute Gasteiger partial charge is 0.493 e. The fraction of sp³-hybridized carbons (Fsp3) is 0.435. The summed E-state index contributed by atoms with van der Waals surface area (Å²) < 4.78 is 16.3. The first-order chi connectivity index (χ1) is 14.5. The van der Waals surface area contributed by atoms with Gasteiger partial charge in [0.2, 0.25) is 0 Å². The van der Waals surface area contributed by atoms with Crippen LogP contribution in [0.1, 0.15) is 22.0 Å². The number of nitrogens with zero attached hydrogens (tertiary/aromatic N) is 1. The monoisotopic (exact) mass is 414 g/mol. The van der Waals surface area contributed by atoms with E-state index < -0.39 is 0 Å². The lowest BCUT2D eigenvalue weighted by Crippen LogP contribution is -3.15. The molecule has 30 heavy (non-hydrogen) atoms. The highest BCUT2D eigenvalue weighted by molar-refractivity contribution is 5.97. The summed E-state index contributed by atoms with van der Waals surface area (Å²) in [5, 5.41) is 3.11. The Balaban J connectivity index is 1.79. The first-order valence-corrected chi connectivity index (χ1v) is 10.2. The van der Waals surface area contributed by atoms with Crippen molar-refractivity contribution >= 4 is 11.6 Å². The van der Waals surface area contributed by atoms with E-state index in [4.69, 9.17) is 14.2 Å². The van der Waals surface area contributed by atoms with Crippen molar-refractivity contribution in [3.63, 3.8) is 0 Å². The number of rotatable bonds is 8. The Morgan fingerprint density at radius 1 is 1.10 bits per heavy atom. The molecular formula is C23H32N3O4+. The average molecular weight is 415 g/mol. The summed E-state index contributed by atoms with van der Waals surface area (Å²) in [5.74, 6) is 0.816. The SMILES string of the molecule is COc1cccc(C(=O)NC[C@@H](c2ccc(N(C)C)cc2)[NH+]2CCOCC2)c1OC. The van der Waals surface area contributed by atoms with Crippen LogP contribution >= 0.6 is 0 Å². The van der Waals surface area contributed by atoms with E-state index in [0.29, 0.717) is 23.6 Å². The number of anilines is 1. The molecule has 3 rings (SSSR count). The van der Waals surface area contributed by atoms with Gasteiger partial charge in [0.1, 0.15) is 19.1 Å². The molecule has 1 atom stereocenters. The molecule has 0 radical (unpaired) electrons. The van der Waals surface area contributed by atoms with E-state index >= 15 is 0 Å². The van der Waals surface area contributed by atoms with Crippen LogP contribution in [0.3, 0.4) is 0 Å². The number of carbonyl (C=O) groups is 1. The zero-order valence-corrected chi connectivity index (χ0v) is 18.2. The van der Waals surface area contributed by atoms with Crippen molar-refractivity contribution in [1.82, 2.24) is 5.32 Å². The Hall–Kier alpha value is -2.77. The number of methoxy groups -OCH3 is 2. The van der Waals surface area contributed by atoms with E-state index in [2.05, 4.69) is 34.5 Å². The quantitative estimate of drug-likeness (QED) is 0.679. The molecule has 1 amide bonds. The number of para-hydroxylation sites is 1. The number of hydrogen-bond acceptors (Lipinski definition) is 5. The van der Waals surface area contributed by atoms with Gasteiger partial charge < -0.3 is 29.3 Å². The number of morpholine rings is 1. The van der Waals surface area contributed by atoms with Crippen molar-refractivity contribution in [2.24, 2.45) is 0 Å². The van der Waals surface area contributed by atoms with Gasteiger partial charge in [-0.2, -0.15) is 0 Å². The summed E-state index contributed by atoms with van der Waals surface area (Å²) in [4.78, 5) is 16.5. The Morgan fingerprint density at radius 3 is 2.40 bits per heavy atom. The molecule has 7 nitrogen and oxygen atoms in total. The number of carbonyl (C=O) groups excluding carboxylic acids is 1. The first-order valence-electron chi connectivity index (χ1n) is 10.2. The zero-order chi connectivity index (χ0) is 21.5. The van der Waals surface area contributed by atoms with Crippen molar-refractivity contribution in [3.05, 3.63) is 53.6 Å². The van der Waals surface area contributed by atoms with Crippen LogP contribution in [0.15, 0.2) is 42.5 Å². The Labute approximate surface area is 178 Å². The summed E-state index contributed by atoms with van der Waals surface area (Å²) in [6.45, 7) is 3.82. The summed E-state index contributed by atoms with van der Waals surface area (Å²) in [5.41, 5.74) is 2.82. The predicted octanol–water partition coefficient (Wildman–Crippen LogP) is 1.16. The molecule has 2 N–H and O–H groups in total. The molecule has 0 bridgehead atoms. The summed E-state index contributed by atoms with van der Waals surface area (Å²) >= 11 is 0. The van der Waals surface area contributed by atoms with Crippen molar-refractivity contribution in [2.75, 3.05) is 66.1 Å². The maximum absolute atomic E-state index is 13.0. The van der Waals surface area contributed by atoms with Crippen LogP contribution < -0.4 is 24.6 Å². The molecule has 1 saturated heterocycles. The van der Waals surface area contributed by atoms with Crippen LogP contribution in [0.4, 0.5) is 5.69 Å². The fourth-order valence-corrected chi connectivity index (χ4v) is 3.84. The highest BCUT2D eigenvalue weighted by Crippen LogP contribution is 2.30. The van der Waals surface area contributed by atoms with Gasteiger partial charge in [-0.1, -0.05) is 18.2 Å². The lowest BCUT2D eigenvalue weighted by Gasteiger charge is -2.32. The van der Waals surface area contributed by atoms with E-state index in [-0.39, 0.29) is 11.9 Å². The number of amides is 1. The number of ether oxygens (including phenoxy) is 3. The molecule has 7 heteroatoms. The molecule has 2 aromatic carbocycles. The number of hydrogen-bond donors (Lipinski definition) is 2. The minimum Gasteiger partial charge on any atom is -0.493 e. The van der Waals surface area contributed by atoms with Gasteiger partial charge in [0.15, 0.2) is 11.5 Å². The van der Waals surface area contributed by atoms with E-state index in [1.807, 2.05) is 14.1 Å². The van der Waals surface area contributed by atoms with Crippen molar-refractivity contribution in [3.8, 4) is 11.5 Å². The highest BCUT2D eigenvalue weighted by atomic mass is 16.5. The topological polar surface area (TPSA) is 64.5 Å². The molecule has 1 aliphatic rings. The third kappa shape index (κ3) is 5.04. The van der Waals surface area contributed by atoms with Gasteiger partial charge in [-0.05, 0) is 24.3 Å². The minimum absolute atomic E-state index is 0.144. The Bertz CT molecular complexity index is 833. The second-order valence-electron chi connectivity index (χ2n) is 7.56. The Kier molecular flexibility index (Phi) is 7.54. The second-order valence-corrected chi connectivity index (χ2v) is 7.56. The summed E-state index contributed by atoms with van der Waals surface area (Å²) in [6, 6.07) is 14.0. The molecule has 0 saturated carbocycles. The van der Waals surface area contributed by atoms with Crippen molar-refractivity contribution < 1.29 is 23.9 Å². The molecule has 162 valence electrons. The third-order valence-electron chi connectivity index (χ3n) is 5.55. The molecule has 0 unspecified atom stereocenters. The summed E-state index contributed by atoms with van der Waals surface area (Å²) in [7, 11) is 7.17. The standard InChI is InChI=1S/C23H31N3O4/c1-25(2)18-10-8-17(9-11-18)20(26-12-14-30-15-13-26)16-24-23(27)19-6-5-7-21(28-3)22(19)29-4/h5-11,20H,12-16H2,1-4H3,(H,24,27)/p+1/t20-/m0/s1. The smallest absolute Gasteiger partial charge is 0.255 e.